The van der Waals surface area contributed by atoms with Crippen molar-refractivity contribution in [2.24, 2.45) is 5.73 Å². The molecule has 1 aliphatic carbocycles. The second kappa shape index (κ2) is 2.98. The minimum absolute atomic E-state index is 0.0858. The average molecular weight is 201 g/mol. The van der Waals surface area contributed by atoms with Gasteiger partial charge in [0.15, 0.2) is 17.5 Å². The van der Waals surface area contributed by atoms with Crippen LogP contribution in [0.25, 0.3) is 0 Å². The molecule has 0 aliphatic heterocycles. The first-order valence-electron chi connectivity index (χ1n) is 4.47. The van der Waals surface area contributed by atoms with Crippen molar-refractivity contribution in [3.63, 3.8) is 0 Å². The quantitative estimate of drug-likeness (QED) is 0.694. The first-order chi connectivity index (χ1) is 6.54. The van der Waals surface area contributed by atoms with Gasteiger partial charge in [0.1, 0.15) is 0 Å². The lowest BCUT2D eigenvalue weighted by Gasteiger charge is -2.38. The Hall–Kier alpha value is -1.03. The van der Waals surface area contributed by atoms with Crippen LogP contribution in [0.5, 0.6) is 0 Å². The molecule has 1 aromatic rings. The van der Waals surface area contributed by atoms with Crippen LogP contribution in [-0.2, 0) is 5.54 Å². The molecule has 2 N–H and O–H groups in total. The Labute approximate surface area is 79.7 Å². The molecule has 1 fully saturated rings. The first-order valence-corrected chi connectivity index (χ1v) is 4.47. The highest BCUT2D eigenvalue weighted by Gasteiger charge is 2.37. The lowest BCUT2D eigenvalue weighted by atomic mass is 9.72. The molecule has 0 radical (unpaired) electrons. The summed E-state index contributed by atoms with van der Waals surface area (Å²) in [5, 5.41) is 0. The summed E-state index contributed by atoms with van der Waals surface area (Å²) in [6.07, 6.45) is 2.14. The molecule has 1 aliphatic rings. The molecule has 0 heterocycles. The van der Waals surface area contributed by atoms with Gasteiger partial charge in [0.2, 0.25) is 0 Å². The predicted octanol–water partition coefficient (Wildman–Crippen LogP) is 2.44. The van der Waals surface area contributed by atoms with Crippen molar-refractivity contribution < 1.29 is 13.2 Å². The van der Waals surface area contributed by atoms with Crippen LogP contribution in [0.3, 0.4) is 0 Å². The van der Waals surface area contributed by atoms with E-state index in [0.717, 1.165) is 12.5 Å². The topological polar surface area (TPSA) is 26.0 Å². The maximum absolute atomic E-state index is 13.3. The van der Waals surface area contributed by atoms with Gasteiger partial charge in [-0.3, -0.25) is 0 Å². The van der Waals surface area contributed by atoms with Gasteiger partial charge in [-0.15, -0.1) is 0 Å². The highest BCUT2D eigenvalue weighted by molar-refractivity contribution is 5.29. The van der Waals surface area contributed by atoms with Crippen LogP contribution >= 0.6 is 0 Å². The number of halogens is 3. The fourth-order valence-electron chi connectivity index (χ4n) is 1.74. The van der Waals surface area contributed by atoms with Crippen LogP contribution in [0.4, 0.5) is 13.2 Å². The van der Waals surface area contributed by atoms with E-state index in [9.17, 15) is 13.2 Å². The second-order valence-electron chi connectivity index (χ2n) is 3.73. The van der Waals surface area contributed by atoms with Crippen molar-refractivity contribution >= 4 is 0 Å². The molecule has 0 atom stereocenters. The van der Waals surface area contributed by atoms with E-state index < -0.39 is 23.0 Å². The van der Waals surface area contributed by atoms with Crippen molar-refractivity contribution in [2.75, 3.05) is 0 Å². The van der Waals surface area contributed by atoms with Gasteiger partial charge in [0.05, 0.1) is 0 Å². The highest BCUT2D eigenvalue weighted by Crippen LogP contribution is 2.40. The molecule has 0 spiro atoms. The van der Waals surface area contributed by atoms with Crippen LogP contribution in [0, 0.1) is 17.5 Å². The summed E-state index contributed by atoms with van der Waals surface area (Å²) < 4.78 is 38.8. The summed E-state index contributed by atoms with van der Waals surface area (Å²) in [7, 11) is 0. The third-order valence-electron chi connectivity index (χ3n) is 2.82. The zero-order valence-corrected chi connectivity index (χ0v) is 7.49. The van der Waals surface area contributed by atoms with Gasteiger partial charge in [-0.25, -0.2) is 13.2 Å². The normalized spacial score (nSPS) is 19.1. The maximum atomic E-state index is 13.3. The lowest BCUT2D eigenvalue weighted by molar-refractivity contribution is 0.241. The second-order valence-corrected chi connectivity index (χ2v) is 3.73. The van der Waals surface area contributed by atoms with E-state index in [-0.39, 0.29) is 5.56 Å². The van der Waals surface area contributed by atoms with Crippen molar-refractivity contribution in [2.45, 2.75) is 24.8 Å². The Morgan fingerprint density at radius 1 is 1.07 bits per heavy atom. The van der Waals surface area contributed by atoms with Gasteiger partial charge >= 0.3 is 0 Å². The molecule has 1 saturated carbocycles. The number of hydrogen-bond donors (Lipinski definition) is 1. The molecule has 0 aromatic heterocycles. The molecule has 1 aromatic carbocycles. The standard InChI is InChI=1S/C10H10F3N/c11-7-3-2-6(8(12)9(7)13)10(14)4-1-5-10/h2-3H,1,4-5,14H2. The van der Waals surface area contributed by atoms with Gasteiger partial charge in [-0.1, -0.05) is 6.07 Å². The Morgan fingerprint density at radius 3 is 2.21 bits per heavy atom. The minimum Gasteiger partial charge on any atom is -0.321 e. The Balaban J connectivity index is 2.49. The van der Waals surface area contributed by atoms with Crippen LogP contribution < -0.4 is 5.73 Å². The lowest BCUT2D eigenvalue weighted by Crippen LogP contribution is -2.44. The number of nitrogens with two attached hydrogens (primary N) is 1. The molecule has 1 nitrogen and oxygen atoms in total. The number of hydrogen-bond acceptors (Lipinski definition) is 1. The maximum Gasteiger partial charge on any atom is 0.194 e. The van der Waals surface area contributed by atoms with E-state index in [0.29, 0.717) is 12.8 Å². The molecule has 4 heteroatoms. The molecule has 0 saturated heterocycles. The summed E-state index contributed by atoms with van der Waals surface area (Å²) >= 11 is 0. The van der Waals surface area contributed by atoms with Gasteiger partial charge in [-0.05, 0) is 25.3 Å². The average Bonchev–Trinajstić information content (AvgIpc) is 2.11. The molecule has 0 bridgehead atoms. The minimum atomic E-state index is -1.43. The molecule has 0 unspecified atom stereocenters. The molecule has 14 heavy (non-hydrogen) atoms. The van der Waals surface area contributed by atoms with E-state index in [1.54, 1.807) is 0 Å². The summed E-state index contributed by atoms with van der Waals surface area (Å²) in [6.45, 7) is 0. The molecular formula is C10H10F3N. The fourth-order valence-corrected chi connectivity index (χ4v) is 1.74. The zero-order chi connectivity index (χ0) is 10.3. The van der Waals surface area contributed by atoms with E-state index >= 15 is 0 Å². The Bertz CT molecular complexity index is 372. The van der Waals surface area contributed by atoms with E-state index in [4.69, 9.17) is 5.73 Å². The van der Waals surface area contributed by atoms with E-state index in [1.807, 2.05) is 0 Å². The summed E-state index contributed by atoms with van der Waals surface area (Å²) in [6, 6.07) is 2.15. The molecule has 76 valence electrons. The summed E-state index contributed by atoms with van der Waals surface area (Å²) in [5.41, 5.74) is 5.11. The predicted molar refractivity (Wildman–Crippen MR) is 46.0 cm³/mol. The number of rotatable bonds is 1. The van der Waals surface area contributed by atoms with Crippen LogP contribution in [0.15, 0.2) is 12.1 Å². The van der Waals surface area contributed by atoms with Crippen molar-refractivity contribution in [1.29, 1.82) is 0 Å². The Morgan fingerprint density at radius 2 is 1.71 bits per heavy atom. The van der Waals surface area contributed by atoms with Gasteiger partial charge in [0.25, 0.3) is 0 Å². The molecular weight excluding hydrogens is 191 g/mol. The van der Waals surface area contributed by atoms with Crippen molar-refractivity contribution in [3.05, 3.63) is 35.1 Å². The molecule has 2 rings (SSSR count). The third-order valence-corrected chi connectivity index (χ3v) is 2.82. The van der Waals surface area contributed by atoms with Gasteiger partial charge in [0, 0.05) is 11.1 Å². The fraction of sp³-hybridized carbons (Fsp3) is 0.400. The monoisotopic (exact) mass is 201 g/mol. The van der Waals surface area contributed by atoms with Gasteiger partial charge in [-0.2, -0.15) is 0 Å². The van der Waals surface area contributed by atoms with Crippen molar-refractivity contribution in [1.82, 2.24) is 0 Å². The van der Waals surface area contributed by atoms with Crippen LogP contribution in [-0.4, -0.2) is 0 Å². The van der Waals surface area contributed by atoms with Crippen LogP contribution in [0.2, 0.25) is 0 Å². The number of benzene rings is 1. The molecule has 0 amide bonds. The van der Waals surface area contributed by atoms with Crippen LogP contribution in [0.1, 0.15) is 24.8 Å². The summed E-state index contributed by atoms with van der Waals surface area (Å²) in [4.78, 5) is 0. The van der Waals surface area contributed by atoms with Crippen molar-refractivity contribution in [3.8, 4) is 0 Å². The largest absolute Gasteiger partial charge is 0.321 e. The smallest absolute Gasteiger partial charge is 0.194 e. The van der Waals surface area contributed by atoms with E-state index in [1.165, 1.54) is 6.07 Å². The highest BCUT2D eigenvalue weighted by atomic mass is 19.2. The SMILES string of the molecule is NC1(c2ccc(F)c(F)c2F)CCC1. The zero-order valence-electron chi connectivity index (χ0n) is 7.49. The third kappa shape index (κ3) is 1.21. The Kier molecular flexibility index (Phi) is 2.03. The summed E-state index contributed by atoms with van der Waals surface area (Å²) in [5.74, 6) is -3.75. The first kappa shape index (κ1) is 9.52. The van der Waals surface area contributed by atoms with Gasteiger partial charge < -0.3 is 5.73 Å². The van der Waals surface area contributed by atoms with E-state index in [2.05, 4.69) is 0 Å².